The predicted molar refractivity (Wildman–Crippen MR) is 126 cm³/mol. The normalized spacial score (nSPS) is 18.1. The molecule has 0 aliphatic carbocycles. The smallest absolute Gasteiger partial charge is 0.163 e. The van der Waals surface area contributed by atoms with Gasteiger partial charge in [-0.1, -0.05) is 29.8 Å². The van der Waals surface area contributed by atoms with Crippen LogP contribution in [0.2, 0.25) is 5.02 Å². The lowest BCUT2D eigenvalue weighted by Gasteiger charge is -2.46. The molecule has 5 heteroatoms. The summed E-state index contributed by atoms with van der Waals surface area (Å²) in [5, 5.41) is 5.09. The van der Waals surface area contributed by atoms with Gasteiger partial charge < -0.3 is 10.1 Å². The molecule has 0 atom stereocenters. The van der Waals surface area contributed by atoms with Gasteiger partial charge in [0.15, 0.2) is 11.5 Å². The van der Waals surface area contributed by atoms with Crippen LogP contribution >= 0.6 is 11.6 Å². The van der Waals surface area contributed by atoms with Crippen molar-refractivity contribution in [2.24, 2.45) is 5.92 Å². The van der Waals surface area contributed by atoms with Gasteiger partial charge in [0, 0.05) is 34.6 Å². The third-order valence-electron chi connectivity index (χ3n) is 5.82. The van der Waals surface area contributed by atoms with Crippen molar-refractivity contribution >= 4 is 28.3 Å². The maximum atomic E-state index is 13.0. The van der Waals surface area contributed by atoms with E-state index in [9.17, 15) is 4.79 Å². The van der Waals surface area contributed by atoms with Crippen LogP contribution in [0.5, 0.6) is 11.5 Å². The summed E-state index contributed by atoms with van der Waals surface area (Å²) in [5.41, 5.74) is 1.45. The molecule has 0 spiro atoms. The van der Waals surface area contributed by atoms with E-state index in [2.05, 4.69) is 38.0 Å². The molecule has 4 nitrogen and oxygen atoms in total. The summed E-state index contributed by atoms with van der Waals surface area (Å²) < 4.78 is 6.05. The number of ketones is 1. The molecule has 31 heavy (non-hydrogen) atoms. The summed E-state index contributed by atoms with van der Waals surface area (Å²) >= 11 is 6.50. The van der Waals surface area contributed by atoms with Gasteiger partial charge in [0.05, 0.1) is 5.02 Å². The summed E-state index contributed by atoms with van der Waals surface area (Å²) in [5.74, 6) is 1.62. The minimum Gasteiger partial charge on any atom is -0.454 e. The predicted octanol–water partition coefficient (Wildman–Crippen LogP) is 6.81. The minimum absolute atomic E-state index is 0.0224. The second kappa shape index (κ2) is 8.25. The van der Waals surface area contributed by atoms with E-state index in [0.29, 0.717) is 34.4 Å². The van der Waals surface area contributed by atoms with Crippen LogP contribution in [0.15, 0.2) is 54.7 Å². The summed E-state index contributed by atoms with van der Waals surface area (Å²) in [7, 11) is 0. The molecule has 1 N–H and O–H groups in total. The number of aromatic nitrogens is 1. The molecule has 0 radical (unpaired) electrons. The number of rotatable bonds is 5. The Labute approximate surface area is 189 Å². The van der Waals surface area contributed by atoms with Gasteiger partial charge in [-0.05, 0) is 76.8 Å². The lowest BCUT2D eigenvalue weighted by molar-refractivity contribution is 0.0864. The van der Waals surface area contributed by atoms with Crippen molar-refractivity contribution in [1.82, 2.24) is 10.3 Å². The van der Waals surface area contributed by atoms with Crippen LogP contribution in [0.4, 0.5) is 0 Å². The summed E-state index contributed by atoms with van der Waals surface area (Å²) in [6, 6.07) is 15.0. The number of piperidine rings is 1. The van der Waals surface area contributed by atoms with E-state index in [4.69, 9.17) is 16.3 Å². The zero-order chi connectivity index (χ0) is 22.2. The molecule has 1 fully saturated rings. The van der Waals surface area contributed by atoms with E-state index in [1.165, 1.54) is 0 Å². The Kier molecular flexibility index (Phi) is 5.80. The third-order valence-corrected chi connectivity index (χ3v) is 6.11. The van der Waals surface area contributed by atoms with Crippen molar-refractivity contribution in [3.05, 3.63) is 65.3 Å². The average molecular weight is 437 g/mol. The maximum Gasteiger partial charge on any atom is 0.163 e. The van der Waals surface area contributed by atoms with E-state index in [1.54, 1.807) is 24.4 Å². The number of hydrogen-bond donors (Lipinski definition) is 1. The number of Topliss-reactive ketones (excluding diaryl/α,β-unsaturated/α-hetero) is 1. The number of fused-ring (bicyclic) bond motifs is 1. The zero-order valence-corrected chi connectivity index (χ0v) is 19.3. The second-order valence-electron chi connectivity index (χ2n) is 9.87. The molecule has 162 valence electrons. The second-order valence-corrected chi connectivity index (χ2v) is 10.3. The number of para-hydroxylation sites is 1. The summed E-state index contributed by atoms with van der Waals surface area (Å²) in [6.07, 6.45) is 4.22. The van der Waals surface area contributed by atoms with Crippen molar-refractivity contribution in [2.45, 2.75) is 58.0 Å². The van der Waals surface area contributed by atoms with Crippen molar-refractivity contribution in [1.29, 1.82) is 0 Å². The highest BCUT2D eigenvalue weighted by Gasteiger charge is 2.38. The maximum absolute atomic E-state index is 13.0. The summed E-state index contributed by atoms with van der Waals surface area (Å²) in [4.78, 5) is 17.4. The quantitative estimate of drug-likeness (QED) is 0.446. The van der Waals surface area contributed by atoms with Gasteiger partial charge in [0.2, 0.25) is 0 Å². The Hall–Kier alpha value is -2.43. The number of carbonyl (C=O) groups excluding carboxylic acids is 1. The highest BCUT2D eigenvalue weighted by Crippen LogP contribution is 2.37. The first-order valence-corrected chi connectivity index (χ1v) is 11.1. The van der Waals surface area contributed by atoms with E-state index < -0.39 is 0 Å². The van der Waals surface area contributed by atoms with Gasteiger partial charge in [0.25, 0.3) is 0 Å². The molecule has 0 bridgehead atoms. The van der Waals surface area contributed by atoms with Crippen LogP contribution < -0.4 is 10.1 Å². The van der Waals surface area contributed by atoms with Crippen molar-refractivity contribution < 1.29 is 9.53 Å². The average Bonchev–Trinajstić information content (AvgIpc) is 2.67. The molecule has 2 aromatic carbocycles. The first-order chi connectivity index (χ1) is 14.6. The number of nitrogens with zero attached hydrogens (tertiary/aromatic N) is 1. The lowest BCUT2D eigenvalue weighted by Crippen LogP contribution is -2.57. The van der Waals surface area contributed by atoms with E-state index in [-0.39, 0.29) is 16.9 Å². The van der Waals surface area contributed by atoms with Gasteiger partial charge in [-0.3, -0.25) is 9.78 Å². The molecule has 1 aliphatic heterocycles. The first-order valence-electron chi connectivity index (χ1n) is 10.8. The Morgan fingerprint density at radius 3 is 2.48 bits per heavy atom. The number of halogens is 1. The lowest BCUT2D eigenvalue weighted by atomic mass is 9.74. The van der Waals surface area contributed by atoms with Gasteiger partial charge >= 0.3 is 0 Å². The molecule has 0 saturated carbocycles. The number of ether oxygens (including phenoxy) is 1. The number of nitrogens with one attached hydrogen (secondary N) is 1. The fraction of sp³-hybridized carbons (Fsp3) is 0.385. The van der Waals surface area contributed by atoms with Crippen LogP contribution in [0.25, 0.3) is 10.9 Å². The number of benzene rings is 2. The molecule has 0 unspecified atom stereocenters. The molecular formula is C26H29ClN2O2. The molecule has 2 heterocycles. The van der Waals surface area contributed by atoms with Gasteiger partial charge in [-0.2, -0.15) is 0 Å². The Morgan fingerprint density at radius 1 is 1.06 bits per heavy atom. The van der Waals surface area contributed by atoms with Gasteiger partial charge in [-0.15, -0.1) is 0 Å². The Morgan fingerprint density at radius 2 is 1.77 bits per heavy atom. The fourth-order valence-corrected chi connectivity index (χ4v) is 5.31. The molecular weight excluding hydrogens is 408 g/mol. The molecule has 3 aromatic rings. The van der Waals surface area contributed by atoms with E-state index in [0.717, 1.165) is 23.7 Å². The Balaban J connectivity index is 1.50. The van der Waals surface area contributed by atoms with Crippen LogP contribution in [-0.2, 0) is 0 Å². The standard InChI is InChI=1S/C26H29ClN2O2/c1-25(2)15-17(16-26(3,4)29-25)13-21(30)19-10-11-22(20(27)14-19)31-23-9-5-7-18-8-6-12-28-24(18)23/h5-12,14,17,29H,13,15-16H2,1-4H3. The topological polar surface area (TPSA) is 51.2 Å². The number of carbonyl (C=O) groups is 1. The largest absolute Gasteiger partial charge is 0.454 e. The molecule has 0 amide bonds. The van der Waals surface area contributed by atoms with Crippen molar-refractivity contribution in [3.8, 4) is 11.5 Å². The number of pyridine rings is 1. The van der Waals surface area contributed by atoms with E-state index >= 15 is 0 Å². The fourth-order valence-electron chi connectivity index (χ4n) is 5.09. The van der Waals surface area contributed by atoms with Crippen molar-refractivity contribution in [3.63, 3.8) is 0 Å². The van der Waals surface area contributed by atoms with E-state index in [1.807, 2.05) is 30.3 Å². The third kappa shape index (κ3) is 5.08. The van der Waals surface area contributed by atoms with Crippen molar-refractivity contribution in [2.75, 3.05) is 0 Å². The monoisotopic (exact) mass is 436 g/mol. The number of hydrogen-bond acceptors (Lipinski definition) is 4. The molecule has 1 saturated heterocycles. The molecule has 1 aromatic heterocycles. The van der Waals surface area contributed by atoms with Gasteiger partial charge in [0.1, 0.15) is 11.3 Å². The summed E-state index contributed by atoms with van der Waals surface area (Å²) in [6.45, 7) is 8.82. The highest BCUT2D eigenvalue weighted by atomic mass is 35.5. The van der Waals surface area contributed by atoms with Gasteiger partial charge in [-0.25, -0.2) is 0 Å². The molecule has 4 rings (SSSR count). The minimum atomic E-state index is 0.0224. The highest BCUT2D eigenvalue weighted by molar-refractivity contribution is 6.32. The van der Waals surface area contributed by atoms with Crippen LogP contribution in [0.3, 0.4) is 0 Å². The molecule has 1 aliphatic rings. The zero-order valence-electron chi connectivity index (χ0n) is 18.5. The van der Waals surface area contributed by atoms with Crippen LogP contribution in [-0.4, -0.2) is 21.8 Å². The van der Waals surface area contributed by atoms with Crippen LogP contribution in [0.1, 0.15) is 57.3 Å². The first kappa shape index (κ1) is 21.8. The Bertz CT molecular complexity index is 1100. The van der Waals surface area contributed by atoms with Crippen LogP contribution in [0, 0.1) is 5.92 Å². The SMILES string of the molecule is CC1(C)CC(CC(=O)c2ccc(Oc3cccc4cccnc34)c(Cl)c2)CC(C)(C)N1.